The summed E-state index contributed by atoms with van der Waals surface area (Å²) in [5.41, 5.74) is 1.31. The summed E-state index contributed by atoms with van der Waals surface area (Å²) in [7, 11) is 0. The molecule has 1 aliphatic heterocycles. The number of nitrogens with zero attached hydrogens (tertiary/aromatic N) is 5. The first kappa shape index (κ1) is 17.6. The number of nitrogens with one attached hydrogen (secondary N) is 2. The lowest BCUT2D eigenvalue weighted by atomic mass is 9.90. The number of piperidine rings is 1. The number of H-pyrrole nitrogens is 1. The molecule has 0 aromatic carbocycles. The van der Waals surface area contributed by atoms with Crippen molar-refractivity contribution in [3.63, 3.8) is 0 Å². The highest BCUT2D eigenvalue weighted by molar-refractivity contribution is 5.48. The molecular weight excluding hydrogens is 338 g/mol. The summed E-state index contributed by atoms with van der Waals surface area (Å²) in [6.45, 7) is 3.24. The fourth-order valence-electron chi connectivity index (χ4n) is 3.58. The highest BCUT2D eigenvalue weighted by atomic mass is 15.2. The van der Waals surface area contributed by atoms with Crippen LogP contribution in [0.4, 0.5) is 11.8 Å². The van der Waals surface area contributed by atoms with Crippen molar-refractivity contribution in [3.05, 3.63) is 60.6 Å². The number of rotatable bonds is 7. The Morgan fingerprint density at radius 2 is 1.89 bits per heavy atom. The van der Waals surface area contributed by atoms with Gasteiger partial charge in [-0.3, -0.25) is 4.90 Å². The highest BCUT2D eigenvalue weighted by Crippen LogP contribution is 2.23. The third-order valence-corrected chi connectivity index (χ3v) is 5.11. The van der Waals surface area contributed by atoms with Crippen LogP contribution in [0.1, 0.15) is 30.7 Å². The van der Waals surface area contributed by atoms with Crippen LogP contribution in [0.3, 0.4) is 0 Å². The molecule has 4 rings (SSSR count). The minimum absolute atomic E-state index is 0.575. The lowest BCUT2D eigenvalue weighted by Crippen LogP contribution is -2.33. The molecule has 0 saturated carbocycles. The molecule has 27 heavy (non-hydrogen) atoms. The molecule has 3 aromatic rings. The average Bonchev–Trinajstić information content (AvgIpc) is 3.22. The highest BCUT2D eigenvalue weighted by Gasteiger charge is 2.19. The van der Waals surface area contributed by atoms with Crippen LogP contribution in [0.2, 0.25) is 0 Å². The van der Waals surface area contributed by atoms with E-state index in [1.807, 2.05) is 18.6 Å². The second kappa shape index (κ2) is 8.73. The van der Waals surface area contributed by atoms with Crippen molar-refractivity contribution in [2.45, 2.75) is 32.2 Å². The van der Waals surface area contributed by atoms with Crippen molar-refractivity contribution >= 4 is 11.8 Å². The Kier molecular flexibility index (Phi) is 5.69. The van der Waals surface area contributed by atoms with Gasteiger partial charge in [0.05, 0.1) is 6.54 Å². The topological polar surface area (TPSA) is 82.6 Å². The number of aromatic amines is 1. The van der Waals surface area contributed by atoms with E-state index in [0.29, 0.717) is 5.95 Å². The van der Waals surface area contributed by atoms with Crippen LogP contribution >= 0.6 is 0 Å². The molecule has 0 spiro atoms. The van der Waals surface area contributed by atoms with Crippen molar-refractivity contribution < 1.29 is 0 Å². The summed E-state index contributed by atoms with van der Waals surface area (Å²) >= 11 is 0. The molecule has 0 bridgehead atoms. The second-order valence-electron chi connectivity index (χ2n) is 7.04. The molecule has 1 aliphatic rings. The Hall–Kier alpha value is -2.80. The monoisotopic (exact) mass is 363 g/mol. The lowest BCUT2D eigenvalue weighted by Gasteiger charge is -2.31. The summed E-state index contributed by atoms with van der Waals surface area (Å²) in [5.74, 6) is 3.23. The van der Waals surface area contributed by atoms with Crippen LogP contribution < -0.4 is 5.32 Å². The normalized spacial score (nSPS) is 15.7. The Morgan fingerprint density at radius 3 is 2.67 bits per heavy atom. The molecule has 1 saturated heterocycles. The SMILES string of the molecule is c1cnc(Nc2cc(CCC3CCN(Cc4ncc[nH]4)CC3)ccn2)nc1. The molecule has 0 unspecified atom stereocenters. The van der Waals surface area contributed by atoms with Gasteiger partial charge in [0, 0.05) is 31.0 Å². The Labute approximate surface area is 159 Å². The van der Waals surface area contributed by atoms with E-state index in [2.05, 4.69) is 47.3 Å². The maximum absolute atomic E-state index is 4.37. The van der Waals surface area contributed by atoms with E-state index in [9.17, 15) is 0 Å². The molecule has 7 nitrogen and oxygen atoms in total. The zero-order valence-corrected chi connectivity index (χ0v) is 15.4. The third-order valence-electron chi connectivity index (χ3n) is 5.11. The number of aromatic nitrogens is 5. The summed E-state index contributed by atoms with van der Waals surface area (Å²) in [4.78, 5) is 22.7. The fraction of sp³-hybridized carbons (Fsp3) is 0.400. The first-order valence-corrected chi connectivity index (χ1v) is 9.55. The number of imidazole rings is 1. The largest absolute Gasteiger partial charge is 0.348 e. The number of hydrogen-bond donors (Lipinski definition) is 2. The quantitative estimate of drug-likeness (QED) is 0.671. The van der Waals surface area contributed by atoms with Crippen LogP contribution in [0.25, 0.3) is 0 Å². The van der Waals surface area contributed by atoms with Crippen molar-refractivity contribution in [3.8, 4) is 0 Å². The Bertz CT molecular complexity index is 811. The first-order valence-electron chi connectivity index (χ1n) is 9.55. The van der Waals surface area contributed by atoms with E-state index >= 15 is 0 Å². The van der Waals surface area contributed by atoms with Crippen molar-refractivity contribution in [1.82, 2.24) is 29.8 Å². The molecule has 0 aliphatic carbocycles. The van der Waals surface area contributed by atoms with Crippen molar-refractivity contribution in [2.24, 2.45) is 5.92 Å². The summed E-state index contributed by atoms with van der Waals surface area (Å²) in [5, 5.41) is 3.16. The van der Waals surface area contributed by atoms with E-state index in [-0.39, 0.29) is 0 Å². The van der Waals surface area contributed by atoms with Gasteiger partial charge in [-0.2, -0.15) is 0 Å². The smallest absolute Gasteiger partial charge is 0.228 e. The van der Waals surface area contributed by atoms with E-state index < -0.39 is 0 Å². The predicted molar refractivity (Wildman–Crippen MR) is 104 cm³/mol. The molecule has 1 fully saturated rings. The van der Waals surface area contributed by atoms with Crippen LogP contribution in [-0.2, 0) is 13.0 Å². The molecule has 4 heterocycles. The summed E-state index contributed by atoms with van der Waals surface area (Å²) in [6.07, 6.45) is 13.8. The van der Waals surface area contributed by atoms with Crippen LogP contribution in [-0.4, -0.2) is 42.9 Å². The third kappa shape index (κ3) is 5.10. The van der Waals surface area contributed by atoms with Crippen LogP contribution in [0.15, 0.2) is 49.2 Å². The second-order valence-corrected chi connectivity index (χ2v) is 7.04. The van der Waals surface area contributed by atoms with E-state index in [1.54, 1.807) is 18.5 Å². The Morgan fingerprint density at radius 1 is 1.04 bits per heavy atom. The maximum Gasteiger partial charge on any atom is 0.228 e. The average molecular weight is 363 g/mol. The van der Waals surface area contributed by atoms with Crippen LogP contribution in [0.5, 0.6) is 0 Å². The summed E-state index contributed by atoms with van der Waals surface area (Å²) < 4.78 is 0. The van der Waals surface area contributed by atoms with Gasteiger partial charge in [0.25, 0.3) is 0 Å². The van der Waals surface area contributed by atoms with Gasteiger partial charge in [0.2, 0.25) is 5.95 Å². The van der Waals surface area contributed by atoms with Gasteiger partial charge in [-0.25, -0.2) is 19.9 Å². The van der Waals surface area contributed by atoms with Crippen LogP contribution in [0, 0.1) is 5.92 Å². The van der Waals surface area contributed by atoms with Crippen molar-refractivity contribution in [2.75, 3.05) is 18.4 Å². The standard InChI is InChI=1S/C20H25N7/c1-7-24-20(25-8-1)26-18-14-17(4-9-21-18)3-2-16-5-12-27(13-6-16)15-19-22-10-11-23-19/h1,4,7-11,14,16H,2-3,5-6,12-13,15H2,(H,22,23)(H,21,24,25,26). The zero-order valence-electron chi connectivity index (χ0n) is 15.4. The molecule has 140 valence electrons. The fourth-order valence-corrected chi connectivity index (χ4v) is 3.58. The molecule has 2 N–H and O–H groups in total. The molecule has 3 aromatic heterocycles. The summed E-state index contributed by atoms with van der Waals surface area (Å²) in [6, 6.07) is 6.00. The first-order chi connectivity index (χ1) is 13.3. The number of pyridine rings is 1. The number of hydrogen-bond acceptors (Lipinski definition) is 6. The molecule has 7 heteroatoms. The number of likely N-dealkylation sites (tertiary alicyclic amines) is 1. The van der Waals surface area contributed by atoms with E-state index in [1.165, 1.54) is 24.8 Å². The molecular formula is C20H25N7. The van der Waals surface area contributed by atoms with Gasteiger partial charge in [-0.1, -0.05) is 0 Å². The van der Waals surface area contributed by atoms with Gasteiger partial charge < -0.3 is 10.3 Å². The van der Waals surface area contributed by atoms with Gasteiger partial charge >= 0.3 is 0 Å². The van der Waals surface area contributed by atoms with Gasteiger partial charge in [0.15, 0.2) is 0 Å². The minimum atomic E-state index is 0.575. The van der Waals surface area contributed by atoms with Gasteiger partial charge in [0.1, 0.15) is 11.6 Å². The molecule has 0 atom stereocenters. The van der Waals surface area contributed by atoms with Gasteiger partial charge in [-0.05, 0) is 68.5 Å². The lowest BCUT2D eigenvalue weighted by molar-refractivity contribution is 0.169. The Balaban J connectivity index is 1.24. The zero-order chi connectivity index (χ0) is 18.3. The van der Waals surface area contributed by atoms with E-state index in [4.69, 9.17) is 0 Å². The molecule has 0 amide bonds. The maximum atomic E-state index is 4.37. The molecule has 0 radical (unpaired) electrons. The number of anilines is 2. The van der Waals surface area contributed by atoms with Gasteiger partial charge in [-0.15, -0.1) is 0 Å². The van der Waals surface area contributed by atoms with Crippen molar-refractivity contribution in [1.29, 1.82) is 0 Å². The minimum Gasteiger partial charge on any atom is -0.348 e. The van der Waals surface area contributed by atoms with E-state index in [0.717, 1.165) is 43.6 Å². The predicted octanol–water partition coefficient (Wildman–Crippen LogP) is 3.18. The number of aryl methyl sites for hydroxylation is 1.